The van der Waals surface area contributed by atoms with Crippen molar-refractivity contribution in [2.75, 3.05) is 0 Å². The fourth-order valence-electron chi connectivity index (χ4n) is 2.35. The number of benzene rings is 2. The maximum Gasteiger partial charge on any atom is 0.0449 e. The van der Waals surface area contributed by atoms with E-state index in [-0.39, 0.29) is 0 Å². The Morgan fingerprint density at radius 2 is 1.55 bits per heavy atom. The summed E-state index contributed by atoms with van der Waals surface area (Å²) in [7, 11) is 0. The van der Waals surface area contributed by atoms with Crippen LogP contribution in [0.4, 0.5) is 0 Å². The molecule has 0 unspecified atom stereocenters. The number of unbranched alkanes of at least 4 members (excludes halogenated alkanes) is 1. The Kier molecular flexibility index (Phi) is 6.54. The van der Waals surface area contributed by atoms with E-state index in [0.717, 1.165) is 16.8 Å². The van der Waals surface area contributed by atoms with Crippen molar-refractivity contribution in [3.8, 4) is 0 Å². The summed E-state index contributed by atoms with van der Waals surface area (Å²) in [6.07, 6.45) is 8.85. The summed E-state index contributed by atoms with van der Waals surface area (Å²) >= 11 is 5.50. The van der Waals surface area contributed by atoms with Gasteiger partial charge in [0.15, 0.2) is 0 Å². The van der Waals surface area contributed by atoms with Crippen molar-refractivity contribution < 1.29 is 0 Å². The highest BCUT2D eigenvalue weighted by molar-refractivity contribution is 7.81. The predicted octanol–water partition coefficient (Wildman–Crippen LogP) is 6.02. The minimum Gasteiger partial charge on any atom is -0.0795 e. The molecular weight excluding hydrogens is 284 g/mol. The van der Waals surface area contributed by atoms with Crippen molar-refractivity contribution in [3.05, 3.63) is 76.9 Å². The first-order chi connectivity index (χ1) is 10.7. The van der Waals surface area contributed by atoms with Crippen LogP contribution in [-0.4, -0.2) is 4.86 Å². The summed E-state index contributed by atoms with van der Waals surface area (Å²) < 4.78 is 0. The number of hydrogen-bond donors (Lipinski definition) is 0. The molecule has 0 nitrogen and oxygen atoms in total. The average molecular weight is 308 g/mol. The van der Waals surface area contributed by atoms with E-state index in [1.807, 2.05) is 6.08 Å². The molecule has 1 heteroatoms. The molecule has 2 aromatic rings. The van der Waals surface area contributed by atoms with Crippen LogP contribution < -0.4 is 0 Å². The van der Waals surface area contributed by atoms with E-state index < -0.39 is 0 Å². The molecule has 0 N–H and O–H groups in total. The molecule has 22 heavy (non-hydrogen) atoms. The standard InChI is InChI=1S/C21H24S/c1-3-5-6-18-7-9-19(10-8-18)13-16-21(22)20-14-11-17(4-2)12-15-20/h7-16H,3-6H2,1-2H3. The Balaban J connectivity index is 1.99. The van der Waals surface area contributed by atoms with Crippen molar-refractivity contribution in [3.63, 3.8) is 0 Å². The van der Waals surface area contributed by atoms with Crippen LogP contribution in [0, 0.1) is 0 Å². The highest BCUT2D eigenvalue weighted by Crippen LogP contribution is 2.11. The Bertz CT molecular complexity index is 618. The molecule has 0 bridgehead atoms. The maximum atomic E-state index is 5.50. The Morgan fingerprint density at radius 3 is 2.14 bits per heavy atom. The highest BCUT2D eigenvalue weighted by atomic mass is 32.1. The van der Waals surface area contributed by atoms with Gasteiger partial charge in [0.2, 0.25) is 0 Å². The van der Waals surface area contributed by atoms with Crippen molar-refractivity contribution in [1.82, 2.24) is 0 Å². The van der Waals surface area contributed by atoms with E-state index in [0.29, 0.717) is 0 Å². The summed E-state index contributed by atoms with van der Waals surface area (Å²) in [6.45, 7) is 4.39. The minimum atomic E-state index is 0.887. The summed E-state index contributed by atoms with van der Waals surface area (Å²) in [5.74, 6) is 0. The first-order valence-corrected chi connectivity index (χ1v) is 8.54. The molecule has 2 rings (SSSR count). The molecule has 0 spiro atoms. The van der Waals surface area contributed by atoms with Crippen LogP contribution in [0.15, 0.2) is 54.6 Å². The second-order valence-corrected chi connectivity index (χ2v) is 6.03. The fraction of sp³-hybridized carbons (Fsp3) is 0.286. The first kappa shape index (κ1) is 16.6. The lowest BCUT2D eigenvalue weighted by atomic mass is 10.0. The fourth-order valence-corrected chi connectivity index (χ4v) is 2.55. The third kappa shape index (κ3) is 4.92. The van der Waals surface area contributed by atoms with Crippen LogP contribution in [0.25, 0.3) is 6.08 Å². The largest absolute Gasteiger partial charge is 0.0795 e. The number of aryl methyl sites for hydroxylation is 2. The van der Waals surface area contributed by atoms with E-state index in [1.165, 1.54) is 36.0 Å². The summed E-state index contributed by atoms with van der Waals surface area (Å²) in [6, 6.07) is 17.3. The lowest BCUT2D eigenvalue weighted by molar-refractivity contribution is 0.795. The van der Waals surface area contributed by atoms with E-state index in [4.69, 9.17) is 12.2 Å². The molecule has 114 valence electrons. The van der Waals surface area contributed by atoms with Crippen LogP contribution in [0.1, 0.15) is 48.9 Å². The molecular formula is C21H24S. The van der Waals surface area contributed by atoms with Crippen molar-refractivity contribution in [1.29, 1.82) is 0 Å². The van der Waals surface area contributed by atoms with Gasteiger partial charge >= 0.3 is 0 Å². The highest BCUT2D eigenvalue weighted by Gasteiger charge is 1.98. The van der Waals surface area contributed by atoms with Gasteiger partial charge in [-0.2, -0.15) is 0 Å². The molecule has 2 aromatic carbocycles. The van der Waals surface area contributed by atoms with Gasteiger partial charge in [0.05, 0.1) is 0 Å². The van der Waals surface area contributed by atoms with Crippen LogP contribution in [0.3, 0.4) is 0 Å². The Morgan fingerprint density at radius 1 is 0.909 bits per heavy atom. The molecule has 0 aromatic heterocycles. The van der Waals surface area contributed by atoms with Crippen LogP contribution in [0.5, 0.6) is 0 Å². The van der Waals surface area contributed by atoms with E-state index in [1.54, 1.807) is 0 Å². The smallest absolute Gasteiger partial charge is 0.0449 e. The summed E-state index contributed by atoms with van der Waals surface area (Å²) in [5, 5.41) is 0. The topological polar surface area (TPSA) is 0 Å². The van der Waals surface area contributed by atoms with Gasteiger partial charge in [-0.15, -0.1) is 0 Å². The first-order valence-electron chi connectivity index (χ1n) is 8.13. The predicted molar refractivity (Wildman–Crippen MR) is 102 cm³/mol. The van der Waals surface area contributed by atoms with Gasteiger partial charge in [0, 0.05) is 4.86 Å². The number of thiocarbonyl (C=S) groups is 1. The van der Waals surface area contributed by atoms with Crippen molar-refractivity contribution >= 4 is 23.2 Å². The average Bonchev–Trinajstić information content (AvgIpc) is 2.58. The third-order valence-electron chi connectivity index (χ3n) is 3.87. The zero-order chi connectivity index (χ0) is 15.8. The number of hydrogen-bond acceptors (Lipinski definition) is 1. The van der Waals surface area contributed by atoms with Gasteiger partial charge in [-0.25, -0.2) is 0 Å². The molecule has 0 aliphatic carbocycles. The van der Waals surface area contributed by atoms with Crippen LogP contribution in [0.2, 0.25) is 0 Å². The Hall–Kier alpha value is -1.73. The lowest BCUT2D eigenvalue weighted by Gasteiger charge is -2.02. The van der Waals surface area contributed by atoms with Gasteiger partial charge in [-0.05, 0) is 47.6 Å². The van der Waals surface area contributed by atoms with Gasteiger partial charge in [-0.1, -0.05) is 87.1 Å². The molecule has 0 fully saturated rings. The second-order valence-electron chi connectivity index (χ2n) is 5.59. The van der Waals surface area contributed by atoms with E-state index in [2.05, 4.69) is 68.5 Å². The molecule has 0 aliphatic heterocycles. The van der Waals surface area contributed by atoms with Gasteiger partial charge in [0.1, 0.15) is 0 Å². The molecule has 0 amide bonds. The SMILES string of the molecule is CCCCc1ccc(C=CC(=S)c2ccc(CC)cc2)cc1. The monoisotopic (exact) mass is 308 g/mol. The quantitative estimate of drug-likeness (QED) is 0.342. The van der Waals surface area contributed by atoms with Gasteiger partial charge in [0.25, 0.3) is 0 Å². The second kappa shape index (κ2) is 8.65. The van der Waals surface area contributed by atoms with Crippen molar-refractivity contribution in [2.45, 2.75) is 39.5 Å². The normalized spacial score (nSPS) is 11.0. The molecule has 0 aliphatic rings. The summed E-state index contributed by atoms with van der Waals surface area (Å²) in [5.41, 5.74) is 5.07. The van der Waals surface area contributed by atoms with E-state index in [9.17, 15) is 0 Å². The zero-order valence-electron chi connectivity index (χ0n) is 13.5. The molecule has 0 saturated carbocycles. The lowest BCUT2D eigenvalue weighted by Crippen LogP contribution is -1.93. The van der Waals surface area contributed by atoms with Crippen molar-refractivity contribution in [2.24, 2.45) is 0 Å². The minimum absolute atomic E-state index is 0.887. The Labute approximate surface area is 139 Å². The molecule has 0 saturated heterocycles. The van der Waals surface area contributed by atoms with Gasteiger partial charge in [-0.3, -0.25) is 0 Å². The zero-order valence-corrected chi connectivity index (χ0v) is 14.3. The number of rotatable bonds is 7. The van der Waals surface area contributed by atoms with Crippen LogP contribution in [-0.2, 0) is 12.8 Å². The molecule has 0 heterocycles. The molecule has 0 atom stereocenters. The third-order valence-corrected chi connectivity index (χ3v) is 4.24. The van der Waals surface area contributed by atoms with E-state index >= 15 is 0 Å². The van der Waals surface area contributed by atoms with Crippen LogP contribution >= 0.6 is 12.2 Å². The number of allylic oxidation sites excluding steroid dienone is 1. The maximum absolute atomic E-state index is 5.50. The molecule has 0 radical (unpaired) electrons. The van der Waals surface area contributed by atoms with Gasteiger partial charge < -0.3 is 0 Å². The summed E-state index contributed by atoms with van der Waals surface area (Å²) in [4.78, 5) is 0.887.